The number of pyridine rings is 1. The van der Waals surface area contributed by atoms with Crippen LogP contribution in [0.15, 0.2) is 57.9 Å². The van der Waals surface area contributed by atoms with E-state index < -0.39 is 6.04 Å². The fourth-order valence-corrected chi connectivity index (χ4v) is 4.29. The van der Waals surface area contributed by atoms with Crippen LogP contribution in [0.2, 0.25) is 0 Å². The molecule has 1 aliphatic heterocycles. The molecule has 3 aromatic rings. The normalized spacial score (nSPS) is 16.4. The van der Waals surface area contributed by atoms with Crippen LogP contribution < -0.4 is 10.3 Å². The lowest BCUT2D eigenvalue weighted by molar-refractivity contribution is 0.124. The number of rotatable bonds is 6. The Kier molecular flexibility index (Phi) is 6.15. The van der Waals surface area contributed by atoms with Crippen LogP contribution in [0.4, 0.5) is 0 Å². The molecule has 0 spiro atoms. The van der Waals surface area contributed by atoms with Gasteiger partial charge in [0.2, 0.25) is 0 Å². The number of piperazine rings is 1. The molecular weight excluding hydrogens is 394 g/mol. The molecule has 164 valence electrons. The van der Waals surface area contributed by atoms with Crippen LogP contribution >= 0.6 is 0 Å². The lowest BCUT2D eigenvalue weighted by Gasteiger charge is -2.38. The third kappa shape index (κ3) is 4.24. The maximum atomic E-state index is 13.7. The number of hydrogen-bond donors (Lipinski definition) is 1. The van der Waals surface area contributed by atoms with E-state index in [1.54, 1.807) is 30.1 Å². The Morgan fingerprint density at radius 1 is 1.13 bits per heavy atom. The van der Waals surface area contributed by atoms with Crippen molar-refractivity contribution in [1.82, 2.24) is 14.4 Å². The number of para-hydroxylation sites is 1. The molecule has 3 heterocycles. The minimum Gasteiger partial charge on any atom is -0.507 e. The summed E-state index contributed by atoms with van der Waals surface area (Å²) in [6.45, 7) is 5.47. The lowest BCUT2D eigenvalue weighted by atomic mass is 9.95. The van der Waals surface area contributed by atoms with E-state index in [1.165, 1.54) is 0 Å². The molecule has 1 fully saturated rings. The molecule has 0 unspecified atom stereocenters. The van der Waals surface area contributed by atoms with Gasteiger partial charge in [-0.1, -0.05) is 18.2 Å². The van der Waals surface area contributed by atoms with E-state index in [1.807, 2.05) is 37.3 Å². The van der Waals surface area contributed by atoms with Gasteiger partial charge in [-0.2, -0.15) is 0 Å². The van der Waals surface area contributed by atoms with Crippen LogP contribution in [0.1, 0.15) is 28.6 Å². The molecule has 7 nitrogen and oxygen atoms in total. The highest BCUT2D eigenvalue weighted by Crippen LogP contribution is 2.37. The van der Waals surface area contributed by atoms with E-state index >= 15 is 0 Å². The Labute approximate surface area is 182 Å². The third-order valence-electron chi connectivity index (χ3n) is 6.03. The topological polar surface area (TPSA) is 71.1 Å². The van der Waals surface area contributed by atoms with Gasteiger partial charge in [0.1, 0.15) is 17.3 Å². The van der Waals surface area contributed by atoms with E-state index in [-0.39, 0.29) is 11.3 Å². The van der Waals surface area contributed by atoms with Crippen molar-refractivity contribution >= 4 is 0 Å². The Morgan fingerprint density at radius 2 is 1.87 bits per heavy atom. The van der Waals surface area contributed by atoms with Crippen LogP contribution in [0.3, 0.4) is 0 Å². The molecule has 31 heavy (non-hydrogen) atoms. The molecule has 1 saturated heterocycles. The third-order valence-corrected chi connectivity index (χ3v) is 6.03. The maximum Gasteiger partial charge on any atom is 0.260 e. The zero-order valence-corrected chi connectivity index (χ0v) is 18.2. The van der Waals surface area contributed by atoms with Crippen molar-refractivity contribution in [3.05, 3.63) is 81.7 Å². The fraction of sp³-hybridized carbons (Fsp3) is 0.375. The summed E-state index contributed by atoms with van der Waals surface area (Å²) in [7, 11) is 3.72. The summed E-state index contributed by atoms with van der Waals surface area (Å²) in [6.07, 6.45) is 1.60. The summed E-state index contributed by atoms with van der Waals surface area (Å²) in [5.74, 6) is 1.40. The van der Waals surface area contributed by atoms with Crippen LogP contribution in [0.25, 0.3) is 0 Å². The predicted octanol–water partition coefficient (Wildman–Crippen LogP) is 2.85. The highest BCUT2D eigenvalue weighted by Gasteiger charge is 2.32. The molecule has 1 aromatic carbocycles. The maximum absolute atomic E-state index is 13.7. The number of aromatic nitrogens is 1. The highest BCUT2D eigenvalue weighted by atomic mass is 16.5. The standard InChI is InChI=1S/C24H29N3O4/c1-17-15-20(28)22(24(29)27(17)16-18-7-6-14-31-18)23(26-12-10-25(2)11-13-26)19-8-4-5-9-21(19)30-3/h4-9,14-15,23,28H,10-13,16H2,1-3H3/t23-/m1/s1. The van der Waals surface area contributed by atoms with E-state index in [2.05, 4.69) is 16.8 Å². The van der Waals surface area contributed by atoms with Gasteiger partial charge in [-0.25, -0.2) is 0 Å². The fourth-order valence-electron chi connectivity index (χ4n) is 4.29. The molecule has 1 aliphatic rings. The first-order valence-electron chi connectivity index (χ1n) is 10.5. The number of hydrogen-bond acceptors (Lipinski definition) is 6. The molecule has 0 saturated carbocycles. The van der Waals surface area contributed by atoms with Gasteiger partial charge in [0.05, 0.1) is 31.5 Å². The second kappa shape index (κ2) is 8.99. The lowest BCUT2D eigenvalue weighted by Crippen LogP contribution is -2.47. The zero-order chi connectivity index (χ0) is 22.0. The molecule has 0 aliphatic carbocycles. The SMILES string of the molecule is COc1ccccc1[C@H](c1c(O)cc(C)n(Cc2ccco2)c1=O)N1CCN(C)CC1. The van der Waals surface area contributed by atoms with Crippen LogP contribution in [0.5, 0.6) is 11.5 Å². The zero-order valence-electron chi connectivity index (χ0n) is 18.2. The minimum absolute atomic E-state index is 0.00743. The molecule has 2 aromatic heterocycles. The van der Waals surface area contributed by atoms with Crippen molar-refractivity contribution in [2.24, 2.45) is 0 Å². The van der Waals surface area contributed by atoms with Crippen LogP contribution in [-0.2, 0) is 6.54 Å². The minimum atomic E-state index is -0.416. The second-order valence-electron chi connectivity index (χ2n) is 8.04. The largest absolute Gasteiger partial charge is 0.507 e. The van der Waals surface area contributed by atoms with Gasteiger partial charge in [0, 0.05) is 37.4 Å². The van der Waals surface area contributed by atoms with Crippen molar-refractivity contribution in [3.8, 4) is 11.5 Å². The van der Waals surface area contributed by atoms with Crippen molar-refractivity contribution in [1.29, 1.82) is 0 Å². The number of benzene rings is 1. The van der Waals surface area contributed by atoms with Gasteiger partial charge in [0.15, 0.2) is 0 Å². The number of nitrogens with zero attached hydrogens (tertiary/aromatic N) is 3. The van der Waals surface area contributed by atoms with E-state index in [0.29, 0.717) is 29.3 Å². The van der Waals surface area contributed by atoms with E-state index in [9.17, 15) is 9.90 Å². The molecule has 0 bridgehead atoms. The molecule has 0 radical (unpaired) electrons. The molecule has 1 atom stereocenters. The van der Waals surface area contributed by atoms with Gasteiger partial charge in [-0.3, -0.25) is 9.69 Å². The Bertz CT molecular complexity index is 1080. The second-order valence-corrected chi connectivity index (χ2v) is 8.04. The van der Waals surface area contributed by atoms with Gasteiger partial charge < -0.3 is 23.7 Å². The summed E-state index contributed by atoms with van der Waals surface area (Å²) in [6, 6.07) is 12.6. The summed E-state index contributed by atoms with van der Waals surface area (Å²) in [5.41, 5.74) is 1.70. The van der Waals surface area contributed by atoms with Crippen LogP contribution in [-0.4, -0.2) is 59.8 Å². The number of aryl methyl sites for hydroxylation is 1. The Hall–Kier alpha value is -3.03. The molecule has 7 heteroatoms. The number of furan rings is 1. The Balaban J connectivity index is 1.87. The predicted molar refractivity (Wildman–Crippen MR) is 119 cm³/mol. The summed E-state index contributed by atoms with van der Waals surface area (Å²) in [5, 5.41) is 11.0. The molecule has 4 rings (SSSR count). The van der Waals surface area contributed by atoms with Crippen molar-refractivity contribution in [3.63, 3.8) is 0 Å². The molecular formula is C24H29N3O4. The number of likely N-dealkylation sites (N-methyl/N-ethyl adjacent to an activating group) is 1. The molecule has 0 amide bonds. The van der Waals surface area contributed by atoms with Crippen molar-refractivity contribution in [2.75, 3.05) is 40.3 Å². The van der Waals surface area contributed by atoms with E-state index in [0.717, 1.165) is 31.7 Å². The first-order valence-corrected chi connectivity index (χ1v) is 10.5. The summed E-state index contributed by atoms with van der Waals surface area (Å²) < 4.78 is 12.8. The van der Waals surface area contributed by atoms with Gasteiger partial charge >= 0.3 is 0 Å². The smallest absolute Gasteiger partial charge is 0.260 e. The van der Waals surface area contributed by atoms with Crippen LogP contribution in [0, 0.1) is 6.92 Å². The monoisotopic (exact) mass is 423 g/mol. The molecule has 1 N–H and O–H groups in total. The quantitative estimate of drug-likeness (QED) is 0.658. The van der Waals surface area contributed by atoms with Crippen molar-refractivity contribution in [2.45, 2.75) is 19.5 Å². The number of methoxy groups -OCH3 is 1. The number of ether oxygens (including phenoxy) is 1. The summed E-state index contributed by atoms with van der Waals surface area (Å²) in [4.78, 5) is 18.3. The average molecular weight is 424 g/mol. The van der Waals surface area contributed by atoms with Gasteiger partial charge in [-0.15, -0.1) is 0 Å². The first kappa shape index (κ1) is 21.2. The Morgan fingerprint density at radius 3 is 2.55 bits per heavy atom. The average Bonchev–Trinajstić information content (AvgIpc) is 3.28. The summed E-state index contributed by atoms with van der Waals surface area (Å²) >= 11 is 0. The highest BCUT2D eigenvalue weighted by molar-refractivity contribution is 5.46. The first-order chi connectivity index (χ1) is 15.0. The van der Waals surface area contributed by atoms with Gasteiger partial charge in [-0.05, 0) is 38.2 Å². The number of aromatic hydroxyl groups is 1. The van der Waals surface area contributed by atoms with E-state index in [4.69, 9.17) is 9.15 Å². The van der Waals surface area contributed by atoms with Gasteiger partial charge in [0.25, 0.3) is 5.56 Å². The van der Waals surface area contributed by atoms with Crippen molar-refractivity contribution < 1.29 is 14.3 Å².